The highest BCUT2D eigenvalue weighted by molar-refractivity contribution is 7.99. The zero-order chi connectivity index (χ0) is 13.7. The molecule has 1 saturated heterocycles. The first kappa shape index (κ1) is 14.3. The summed E-state index contributed by atoms with van der Waals surface area (Å²) in [6.45, 7) is 5.41. The topological polar surface area (TPSA) is 71.2 Å². The number of rotatable bonds is 6. The highest BCUT2D eigenvalue weighted by atomic mass is 32.2. The second kappa shape index (κ2) is 6.91. The van der Waals surface area contributed by atoms with Crippen LogP contribution in [0.1, 0.15) is 32.2 Å². The van der Waals surface area contributed by atoms with E-state index in [2.05, 4.69) is 22.0 Å². The molecule has 1 atom stereocenters. The van der Waals surface area contributed by atoms with E-state index in [1.807, 2.05) is 4.57 Å². The molecule has 6 nitrogen and oxygen atoms in total. The normalized spacial score (nSPS) is 18.4. The molecule has 1 aromatic rings. The molecule has 0 saturated carbocycles. The van der Waals surface area contributed by atoms with Crippen LogP contribution < -0.4 is 0 Å². The standard InChI is InChI=1S/C12H20N4O2S/c1-10(7-15-5-3-2-4-6-15)16-9-13-14-12(16)19-8-11(17)18/h9-10H,2-8H2,1H3,(H,17,18). The SMILES string of the molecule is CC(CN1CCCCC1)n1cnnc1SCC(=O)O. The third-order valence-electron chi connectivity index (χ3n) is 3.31. The van der Waals surface area contributed by atoms with E-state index in [1.54, 1.807) is 6.33 Å². The molecule has 0 spiro atoms. The van der Waals surface area contributed by atoms with Crippen LogP contribution in [0.25, 0.3) is 0 Å². The molecule has 1 N–H and O–H groups in total. The van der Waals surface area contributed by atoms with Gasteiger partial charge in [-0.25, -0.2) is 0 Å². The molecule has 1 aliphatic heterocycles. The van der Waals surface area contributed by atoms with Crippen molar-refractivity contribution in [2.75, 3.05) is 25.4 Å². The zero-order valence-electron chi connectivity index (χ0n) is 11.2. The van der Waals surface area contributed by atoms with Gasteiger partial charge in [-0.3, -0.25) is 4.79 Å². The van der Waals surface area contributed by atoms with Crippen molar-refractivity contribution in [1.82, 2.24) is 19.7 Å². The molecule has 7 heteroatoms. The van der Waals surface area contributed by atoms with Crippen LogP contribution in [-0.2, 0) is 4.79 Å². The van der Waals surface area contributed by atoms with Gasteiger partial charge in [0.2, 0.25) is 0 Å². The van der Waals surface area contributed by atoms with E-state index in [-0.39, 0.29) is 11.8 Å². The van der Waals surface area contributed by atoms with Gasteiger partial charge in [-0.2, -0.15) is 0 Å². The average molecular weight is 284 g/mol. The monoisotopic (exact) mass is 284 g/mol. The number of piperidine rings is 1. The Kier molecular flexibility index (Phi) is 5.21. The maximum absolute atomic E-state index is 10.6. The molecule has 0 aromatic carbocycles. The van der Waals surface area contributed by atoms with Crippen LogP contribution in [0.4, 0.5) is 0 Å². The largest absolute Gasteiger partial charge is 0.481 e. The lowest BCUT2D eigenvalue weighted by atomic mass is 10.1. The van der Waals surface area contributed by atoms with Gasteiger partial charge in [0.15, 0.2) is 5.16 Å². The van der Waals surface area contributed by atoms with Crippen LogP contribution in [0.2, 0.25) is 0 Å². The van der Waals surface area contributed by atoms with E-state index in [0.29, 0.717) is 5.16 Å². The Morgan fingerprint density at radius 1 is 1.47 bits per heavy atom. The lowest BCUT2D eigenvalue weighted by molar-refractivity contribution is -0.133. The summed E-state index contributed by atoms with van der Waals surface area (Å²) in [6.07, 6.45) is 5.57. The summed E-state index contributed by atoms with van der Waals surface area (Å²) in [7, 11) is 0. The van der Waals surface area contributed by atoms with Crippen molar-refractivity contribution in [3.8, 4) is 0 Å². The van der Waals surface area contributed by atoms with Crippen LogP contribution in [0.5, 0.6) is 0 Å². The molecule has 0 amide bonds. The van der Waals surface area contributed by atoms with E-state index < -0.39 is 5.97 Å². The molecular formula is C12H20N4O2S. The van der Waals surface area contributed by atoms with Gasteiger partial charge in [-0.05, 0) is 32.9 Å². The van der Waals surface area contributed by atoms with Gasteiger partial charge < -0.3 is 14.6 Å². The van der Waals surface area contributed by atoms with Gasteiger partial charge in [-0.15, -0.1) is 10.2 Å². The van der Waals surface area contributed by atoms with Crippen molar-refractivity contribution in [3.63, 3.8) is 0 Å². The van der Waals surface area contributed by atoms with Crippen LogP contribution >= 0.6 is 11.8 Å². The van der Waals surface area contributed by atoms with Gasteiger partial charge in [-0.1, -0.05) is 18.2 Å². The summed E-state index contributed by atoms with van der Waals surface area (Å²) in [5.74, 6) is -0.807. The first-order valence-corrected chi connectivity index (χ1v) is 7.62. The van der Waals surface area contributed by atoms with Crippen molar-refractivity contribution < 1.29 is 9.90 Å². The number of hydrogen-bond acceptors (Lipinski definition) is 5. The van der Waals surface area contributed by atoms with Gasteiger partial charge in [0, 0.05) is 12.6 Å². The Labute approximate surface area is 117 Å². The van der Waals surface area contributed by atoms with Crippen molar-refractivity contribution in [1.29, 1.82) is 0 Å². The number of carbonyl (C=O) groups is 1. The summed E-state index contributed by atoms with van der Waals surface area (Å²) in [6, 6.07) is 0.268. The summed E-state index contributed by atoms with van der Waals surface area (Å²) in [5.41, 5.74) is 0. The smallest absolute Gasteiger partial charge is 0.313 e. The number of aliphatic carboxylic acids is 1. The van der Waals surface area contributed by atoms with Crippen LogP contribution in [0.15, 0.2) is 11.5 Å². The number of carboxylic acid groups (broad SMARTS) is 1. The molecule has 1 aliphatic rings. The number of nitrogens with zero attached hydrogens (tertiary/aromatic N) is 4. The Morgan fingerprint density at radius 2 is 2.21 bits per heavy atom. The van der Waals surface area contributed by atoms with E-state index in [1.165, 1.54) is 31.0 Å². The minimum absolute atomic E-state index is 0.0229. The Bertz CT molecular complexity index is 418. The maximum Gasteiger partial charge on any atom is 0.313 e. The number of carboxylic acids is 1. The predicted octanol–water partition coefficient (Wildman–Crippen LogP) is 1.50. The summed E-state index contributed by atoms with van der Waals surface area (Å²) >= 11 is 1.22. The van der Waals surface area contributed by atoms with Crippen molar-refractivity contribution >= 4 is 17.7 Å². The fraction of sp³-hybridized carbons (Fsp3) is 0.750. The third-order valence-corrected chi connectivity index (χ3v) is 4.25. The number of aromatic nitrogens is 3. The first-order chi connectivity index (χ1) is 9.16. The fourth-order valence-electron chi connectivity index (χ4n) is 2.37. The lowest BCUT2D eigenvalue weighted by Crippen LogP contribution is -2.34. The molecule has 19 heavy (non-hydrogen) atoms. The second-order valence-electron chi connectivity index (χ2n) is 4.91. The zero-order valence-corrected chi connectivity index (χ0v) is 12.0. The molecule has 0 bridgehead atoms. The molecule has 0 radical (unpaired) electrons. The van der Waals surface area contributed by atoms with Crippen LogP contribution in [0.3, 0.4) is 0 Å². The number of likely N-dealkylation sites (tertiary alicyclic amines) is 1. The third kappa shape index (κ3) is 4.21. The number of thioether (sulfide) groups is 1. The van der Waals surface area contributed by atoms with Gasteiger partial charge >= 0.3 is 5.97 Å². The highest BCUT2D eigenvalue weighted by Crippen LogP contribution is 2.20. The minimum Gasteiger partial charge on any atom is -0.481 e. The van der Waals surface area contributed by atoms with Crippen LogP contribution in [0, 0.1) is 0 Å². The first-order valence-electron chi connectivity index (χ1n) is 6.63. The quantitative estimate of drug-likeness (QED) is 0.798. The van der Waals surface area contributed by atoms with E-state index in [9.17, 15) is 4.79 Å². The van der Waals surface area contributed by atoms with Gasteiger partial charge in [0.05, 0.1) is 5.75 Å². The fourth-order valence-corrected chi connectivity index (χ4v) is 3.10. The molecule has 1 unspecified atom stereocenters. The lowest BCUT2D eigenvalue weighted by Gasteiger charge is -2.29. The molecule has 2 heterocycles. The van der Waals surface area contributed by atoms with E-state index >= 15 is 0 Å². The van der Waals surface area contributed by atoms with E-state index in [0.717, 1.165) is 19.6 Å². The summed E-state index contributed by atoms with van der Waals surface area (Å²) in [5, 5.41) is 17.3. The summed E-state index contributed by atoms with van der Waals surface area (Å²) < 4.78 is 1.97. The van der Waals surface area contributed by atoms with Gasteiger partial charge in [0.1, 0.15) is 6.33 Å². The molecule has 2 rings (SSSR count). The maximum atomic E-state index is 10.6. The van der Waals surface area contributed by atoms with Crippen molar-refractivity contribution in [3.05, 3.63) is 6.33 Å². The van der Waals surface area contributed by atoms with E-state index in [4.69, 9.17) is 5.11 Å². The minimum atomic E-state index is -0.830. The highest BCUT2D eigenvalue weighted by Gasteiger charge is 2.17. The molecule has 106 valence electrons. The van der Waals surface area contributed by atoms with Gasteiger partial charge in [0.25, 0.3) is 0 Å². The molecular weight excluding hydrogens is 264 g/mol. The second-order valence-corrected chi connectivity index (χ2v) is 5.86. The summed E-state index contributed by atoms with van der Waals surface area (Å²) in [4.78, 5) is 13.1. The Morgan fingerprint density at radius 3 is 2.89 bits per heavy atom. The Balaban J connectivity index is 1.92. The molecule has 1 aromatic heterocycles. The molecule has 0 aliphatic carbocycles. The molecule has 1 fully saturated rings. The average Bonchev–Trinajstić information content (AvgIpc) is 2.86. The predicted molar refractivity (Wildman–Crippen MR) is 73.4 cm³/mol. The van der Waals surface area contributed by atoms with Crippen molar-refractivity contribution in [2.24, 2.45) is 0 Å². The number of hydrogen-bond donors (Lipinski definition) is 1. The van der Waals surface area contributed by atoms with Crippen LogP contribution in [-0.4, -0.2) is 56.1 Å². The van der Waals surface area contributed by atoms with Crippen molar-refractivity contribution in [2.45, 2.75) is 37.4 Å². The Hall–Kier alpha value is -1.08.